The maximum atomic E-state index is 10.7. The smallest absolute Gasteiger partial charge is 0.337 e. The summed E-state index contributed by atoms with van der Waals surface area (Å²) in [5.41, 5.74) is -0.171. The van der Waals surface area contributed by atoms with Crippen LogP contribution in [0, 0.1) is 0 Å². The first kappa shape index (κ1) is 8.64. The molecule has 0 fully saturated rings. The molecule has 2 rings (SSSR count). The third-order valence-corrected chi connectivity index (χ3v) is 1.86. The Morgan fingerprint density at radius 2 is 2.36 bits per heavy atom. The van der Waals surface area contributed by atoms with Gasteiger partial charge in [-0.25, -0.2) is 14.8 Å². The molecule has 0 saturated heterocycles. The molecule has 1 atom stereocenters. The number of fused-ring (bicyclic) bond motifs is 1. The molecule has 0 aromatic carbocycles. The zero-order chi connectivity index (χ0) is 10.1. The zero-order valence-electron chi connectivity index (χ0n) is 7.03. The molecule has 72 valence electrons. The van der Waals surface area contributed by atoms with Crippen LogP contribution in [0.5, 0.6) is 0 Å². The largest absolute Gasteiger partial charge is 0.478 e. The Morgan fingerprint density at radius 3 is 3.07 bits per heavy atom. The third-order valence-electron chi connectivity index (χ3n) is 1.86. The Balaban J connectivity index is 2.39. The van der Waals surface area contributed by atoms with E-state index in [4.69, 9.17) is 5.11 Å². The molecule has 0 bridgehead atoms. The van der Waals surface area contributed by atoms with E-state index in [0.717, 1.165) is 6.20 Å². The van der Waals surface area contributed by atoms with Gasteiger partial charge in [-0.1, -0.05) is 0 Å². The molecule has 0 aliphatic carbocycles. The van der Waals surface area contributed by atoms with Crippen molar-refractivity contribution >= 4 is 18.1 Å². The summed E-state index contributed by atoms with van der Waals surface area (Å²) in [6, 6.07) is 0. The average molecular weight is 193 g/mol. The number of nitrogens with zero attached hydrogens (tertiary/aromatic N) is 3. The Labute approximate surface area is 79.2 Å². The summed E-state index contributed by atoms with van der Waals surface area (Å²) in [4.78, 5) is 19.6. The van der Waals surface area contributed by atoms with E-state index in [1.165, 1.54) is 17.3 Å². The van der Waals surface area contributed by atoms with Gasteiger partial charge in [0.05, 0.1) is 0 Å². The standard InChI is InChI=1S/C8H7N3O3/c12-6-5(7(13)14)4-10-8-9-2-1-3-11(6)8/h1-4,6,12H,(H,13,14). The normalized spacial score (nSPS) is 24.1. The lowest BCUT2D eigenvalue weighted by Gasteiger charge is -2.29. The number of hydrogen-bond acceptors (Lipinski definition) is 5. The molecule has 2 N–H and O–H groups in total. The van der Waals surface area contributed by atoms with Gasteiger partial charge in [-0.3, -0.25) is 4.90 Å². The Hall–Kier alpha value is -1.95. The molecule has 0 aromatic heterocycles. The average Bonchev–Trinajstić information content (AvgIpc) is 2.18. The van der Waals surface area contributed by atoms with Gasteiger partial charge in [0.15, 0.2) is 6.23 Å². The number of carboxylic acid groups (broad SMARTS) is 1. The minimum Gasteiger partial charge on any atom is -0.478 e. The number of aliphatic hydroxyl groups is 1. The van der Waals surface area contributed by atoms with Crippen molar-refractivity contribution in [2.75, 3.05) is 0 Å². The quantitative estimate of drug-likeness (QED) is 0.590. The van der Waals surface area contributed by atoms with Gasteiger partial charge in [0.25, 0.3) is 0 Å². The second-order valence-corrected chi connectivity index (χ2v) is 2.72. The summed E-state index contributed by atoms with van der Waals surface area (Å²) in [5.74, 6) is -0.909. The summed E-state index contributed by atoms with van der Waals surface area (Å²) in [7, 11) is 0. The molecule has 0 aromatic rings. The molecule has 2 aliphatic rings. The minimum atomic E-state index is -1.23. The Bertz CT molecular complexity index is 395. The van der Waals surface area contributed by atoms with Crippen molar-refractivity contribution in [3.63, 3.8) is 0 Å². The van der Waals surface area contributed by atoms with E-state index in [1.54, 1.807) is 6.08 Å². The van der Waals surface area contributed by atoms with E-state index in [-0.39, 0.29) is 11.5 Å². The lowest BCUT2D eigenvalue weighted by molar-refractivity contribution is -0.134. The van der Waals surface area contributed by atoms with Crippen LogP contribution in [0.15, 0.2) is 34.0 Å². The summed E-state index contributed by atoms with van der Waals surface area (Å²) in [6.07, 6.45) is 4.50. The van der Waals surface area contributed by atoms with E-state index in [1.807, 2.05) is 0 Å². The van der Waals surface area contributed by atoms with Crippen molar-refractivity contribution in [3.8, 4) is 0 Å². The molecule has 14 heavy (non-hydrogen) atoms. The topological polar surface area (TPSA) is 85.5 Å². The predicted molar refractivity (Wildman–Crippen MR) is 48.6 cm³/mol. The van der Waals surface area contributed by atoms with Crippen molar-refractivity contribution in [1.29, 1.82) is 0 Å². The fraction of sp³-hybridized carbons (Fsp3) is 0.125. The Kier molecular flexibility index (Phi) is 1.90. The van der Waals surface area contributed by atoms with Gasteiger partial charge in [-0.05, 0) is 6.08 Å². The fourth-order valence-electron chi connectivity index (χ4n) is 1.17. The SMILES string of the molecule is O=C(O)C1=CN=C2N=CC=CN2C1O. The second-order valence-electron chi connectivity index (χ2n) is 2.72. The van der Waals surface area contributed by atoms with Crippen molar-refractivity contribution in [3.05, 3.63) is 24.0 Å². The van der Waals surface area contributed by atoms with E-state index in [2.05, 4.69) is 9.98 Å². The molecule has 6 nitrogen and oxygen atoms in total. The van der Waals surface area contributed by atoms with Crippen LogP contribution >= 0.6 is 0 Å². The highest BCUT2D eigenvalue weighted by atomic mass is 16.4. The maximum Gasteiger partial charge on any atom is 0.337 e. The van der Waals surface area contributed by atoms with Crippen molar-refractivity contribution in [1.82, 2.24) is 4.90 Å². The van der Waals surface area contributed by atoms with Gasteiger partial charge in [-0.15, -0.1) is 0 Å². The van der Waals surface area contributed by atoms with Gasteiger partial charge < -0.3 is 10.2 Å². The minimum absolute atomic E-state index is 0.171. The van der Waals surface area contributed by atoms with Crippen LogP contribution in [-0.4, -0.2) is 39.5 Å². The van der Waals surface area contributed by atoms with E-state index < -0.39 is 12.2 Å². The van der Waals surface area contributed by atoms with Crippen molar-refractivity contribution < 1.29 is 15.0 Å². The number of carboxylic acids is 1. The first-order valence-electron chi connectivity index (χ1n) is 3.88. The van der Waals surface area contributed by atoms with Crippen LogP contribution in [0.1, 0.15) is 0 Å². The number of aliphatic imine (C=N–C) groups is 2. The first-order chi connectivity index (χ1) is 6.70. The summed E-state index contributed by atoms with van der Waals surface area (Å²) < 4.78 is 0. The molecule has 0 amide bonds. The van der Waals surface area contributed by atoms with Crippen LogP contribution in [0.2, 0.25) is 0 Å². The van der Waals surface area contributed by atoms with Gasteiger partial charge in [0.1, 0.15) is 5.57 Å². The molecule has 6 heteroatoms. The highest BCUT2D eigenvalue weighted by Crippen LogP contribution is 2.17. The molecule has 2 heterocycles. The number of aliphatic hydroxyl groups excluding tert-OH is 1. The Morgan fingerprint density at radius 1 is 1.57 bits per heavy atom. The monoisotopic (exact) mass is 193 g/mol. The van der Waals surface area contributed by atoms with Crippen molar-refractivity contribution in [2.45, 2.75) is 6.23 Å². The first-order valence-corrected chi connectivity index (χ1v) is 3.88. The van der Waals surface area contributed by atoms with Crippen molar-refractivity contribution in [2.24, 2.45) is 9.98 Å². The fourth-order valence-corrected chi connectivity index (χ4v) is 1.17. The van der Waals surface area contributed by atoms with E-state index in [0.29, 0.717) is 0 Å². The number of carbonyl (C=O) groups is 1. The lowest BCUT2D eigenvalue weighted by atomic mass is 10.2. The maximum absolute atomic E-state index is 10.7. The molecule has 0 radical (unpaired) electrons. The number of aliphatic carboxylic acids is 1. The zero-order valence-corrected chi connectivity index (χ0v) is 7.03. The number of rotatable bonds is 1. The third kappa shape index (κ3) is 1.21. The van der Waals surface area contributed by atoms with Crippen LogP contribution in [-0.2, 0) is 4.79 Å². The highest BCUT2D eigenvalue weighted by Gasteiger charge is 2.29. The van der Waals surface area contributed by atoms with Gasteiger partial charge in [-0.2, -0.15) is 0 Å². The highest BCUT2D eigenvalue weighted by molar-refractivity contribution is 5.98. The van der Waals surface area contributed by atoms with Crippen LogP contribution < -0.4 is 0 Å². The number of guanidine groups is 1. The molecular formula is C8H7N3O3. The molecule has 2 aliphatic heterocycles. The van der Waals surface area contributed by atoms with Crippen LogP contribution in [0.3, 0.4) is 0 Å². The molecule has 1 unspecified atom stereocenters. The number of allylic oxidation sites excluding steroid dienone is 1. The second kappa shape index (κ2) is 3.08. The summed E-state index contributed by atoms with van der Waals surface area (Å²) >= 11 is 0. The van der Waals surface area contributed by atoms with Gasteiger partial charge in [0.2, 0.25) is 5.96 Å². The molecular weight excluding hydrogens is 186 g/mol. The number of hydrogen-bond donors (Lipinski definition) is 2. The van der Waals surface area contributed by atoms with E-state index >= 15 is 0 Å². The lowest BCUT2D eigenvalue weighted by Crippen LogP contribution is -2.41. The summed E-state index contributed by atoms with van der Waals surface area (Å²) in [6.45, 7) is 0. The van der Waals surface area contributed by atoms with Crippen LogP contribution in [0.4, 0.5) is 0 Å². The predicted octanol–water partition coefficient (Wildman–Crippen LogP) is -0.457. The van der Waals surface area contributed by atoms with E-state index in [9.17, 15) is 9.90 Å². The van der Waals surface area contributed by atoms with Crippen LogP contribution in [0.25, 0.3) is 0 Å². The molecule has 0 spiro atoms. The van der Waals surface area contributed by atoms with Gasteiger partial charge in [0, 0.05) is 18.6 Å². The summed E-state index contributed by atoms with van der Waals surface area (Å²) in [5, 5.41) is 18.3. The van der Waals surface area contributed by atoms with Gasteiger partial charge >= 0.3 is 5.97 Å². The molecule has 0 saturated carbocycles.